The fraction of sp³-hybridized carbons (Fsp3) is 0. The van der Waals surface area contributed by atoms with Crippen LogP contribution in [-0.4, -0.2) is 28.8 Å². The highest BCUT2D eigenvalue weighted by molar-refractivity contribution is 6.13. The van der Waals surface area contributed by atoms with Crippen LogP contribution < -0.4 is 0 Å². The third-order valence-electron chi connectivity index (χ3n) is 4.01. The lowest BCUT2D eigenvalue weighted by Gasteiger charge is -2.00. The third kappa shape index (κ3) is 5.81. The summed E-state index contributed by atoms with van der Waals surface area (Å²) in [5.41, 5.74) is 1.23. The van der Waals surface area contributed by atoms with Crippen LogP contribution >= 0.6 is 0 Å². The van der Waals surface area contributed by atoms with Crippen LogP contribution in [0, 0.1) is 0 Å². The van der Waals surface area contributed by atoms with Crippen molar-refractivity contribution in [3.05, 3.63) is 103 Å². The van der Waals surface area contributed by atoms with Gasteiger partial charge in [0.15, 0.2) is 0 Å². The molecular formula is C23H20BO4. The molecule has 0 spiro atoms. The Kier molecular flexibility index (Phi) is 7.97. The lowest BCUT2D eigenvalue weighted by atomic mass is 10.0. The average molecular weight is 371 g/mol. The van der Waals surface area contributed by atoms with Crippen molar-refractivity contribution in [1.29, 1.82) is 0 Å². The van der Waals surface area contributed by atoms with Gasteiger partial charge in [0.1, 0.15) is 0 Å². The van der Waals surface area contributed by atoms with Gasteiger partial charge in [-0.1, -0.05) is 73.3 Å². The van der Waals surface area contributed by atoms with Crippen molar-refractivity contribution >= 4 is 41.3 Å². The second-order valence-corrected chi connectivity index (χ2v) is 5.79. The van der Waals surface area contributed by atoms with Crippen LogP contribution in [-0.2, 0) is 0 Å². The second kappa shape index (κ2) is 10.7. The van der Waals surface area contributed by atoms with Gasteiger partial charge in [0.2, 0.25) is 0 Å². The summed E-state index contributed by atoms with van der Waals surface area (Å²) in [7, 11) is 0. The van der Waals surface area contributed by atoms with Crippen LogP contribution in [0.5, 0.6) is 0 Å². The van der Waals surface area contributed by atoms with Gasteiger partial charge in [-0.25, -0.2) is 4.79 Å². The molecule has 3 N–H and O–H groups in total. The van der Waals surface area contributed by atoms with Crippen LogP contribution in [0.4, 0.5) is 0 Å². The molecule has 0 atom stereocenters. The summed E-state index contributed by atoms with van der Waals surface area (Å²) in [5.74, 6) is -0.902. The number of benzene rings is 4. The molecule has 0 aliphatic rings. The molecule has 0 aliphatic carbocycles. The van der Waals surface area contributed by atoms with E-state index in [2.05, 4.69) is 67.2 Å². The van der Waals surface area contributed by atoms with Gasteiger partial charge in [0, 0.05) is 0 Å². The van der Waals surface area contributed by atoms with E-state index in [9.17, 15) is 4.79 Å². The van der Waals surface area contributed by atoms with Crippen molar-refractivity contribution in [2.24, 2.45) is 0 Å². The van der Waals surface area contributed by atoms with E-state index in [-0.39, 0.29) is 7.69 Å². The quantitative estimate of drug-likeness (QED) is 0.358. The molecule has 0 saturated carbocycles. The lowest BCUT2D eigenvalue weighted by molar-refractivity contribution is 0.0697. The van der Waals surface area contributed by atoms with Gasteiger partial charge in [0.25, 0.3) is 0 Å². The number of carboxylic acid groups (broad SMARTS) is 1. The summed E-state index contributed by atoms with van der Waals surface area (Å²) in [5, 5.41) is 27.8. The standard InChI is InChI=1S/C14H10.C9H8O2.BH2O2/c1-2-6-12-10-14-8-4-3-7-13(14)9-11(12)5-1;1-2-7-3-5-8(6-4-7)9(10)11;2-1-3/h1-10H;2-6H,1H2,(H,10,11);2-3H. The summed E-state index contributed by atoms with van der Waals surface area (Å²) in [6, 6.07) is 28.0. The largest absolute Gasteiger partial charge is 0.482 e. The molecule has 0 bridgehead atoms. The Bertz CT molecular complexity index is 954. The highest BCUT2D eigenvalue weighted by atomic mass is 16.4. The molecule has 4 aromatic rings. The maximum absolute atomic E-state index is 10.4. The monoisotopic (exact) mass is 371 g/mol. The van der Waals surface area contributed by atoms with Gasteiger partial charge < -0.3 is 15.2 Å². The van der Waals surface area contributed by atoms with E-state index in [1.54, 1.807) is 30.3 Å². The minimum atomic E-state index is -0.902. The van der Waals surface area contributed by atoms with Gasteiger partial charge in [-0.2, -0.15) is 0 Å². The smallest absolute Gasteiger partial charge is 0.478 e. The highest BCUT2D eigenvalue weighted by Crippen LogP contribution is 2.22. The molecule has 4 rings (SSSR count). The van der Waals surface area contributed by atoms with Crippen molar-refractivity contribution in [3.8, 4) is 0 Å². The van der Waals surface area contributed by atoms with E-state index >= 15 is 0 Å². The topological polar surface area (TPSA) is 77.8 Å². The van der Waals surface area contributed by atoms with E-state index in [4.69, 9.17) is 15.2 Å². The Morgan fingerprint density at radius 1 is 0.750 bits per heavy atom. The molecule has 0 unspecified atom stereocenters. The maximum Gasteiger partial charge on any atom is 0.482 e. The third-order valence-corrected chi connectivity index (χ3v) is 4.01. The molecule has 4 nitrogen and oxygen atoms in total. The molecule has 0 amide bonds. The van der Waals surface area contributed by atoms with E-state index in [0.29, 0.717) is 5.56 Å². The second-order valence-electron chi connectivity index (χ2n) is 5.79. The van der Waals surface area contributed by atoms with Crippen molar-refractivity contribution in [2.45, 2.75) is 0 Å². The molecular weight excluding hydrogens is 351 g/mol. The number of fused-ring (bicyclic) bond motifs is 2. The predicted molar refractivity (Wildman–Crippen MR) is 115 cm³/mol. The van der Waals surface area contributed by atoms with Crippen molar-refractivity contribution in [3.63, 3.8) is 0 Å². The van der Waals surface area contributed by atoms with E-state index < -0.39 is 5.97 Å². The summed E-state index contributed by atoms with van der Waals surface area (Å²) in [6.45, 7) is 3.56. The molecule has 28 heavy (non-hydrogen) atoms. The zero-order chi connectivity index (χ0) is 20.4. The van der Waals surface area contributed by atoms with Gasteiger partial charge in [-0.3, -0.25) is 0 Å². The lowest BCUT2D eigenvalue weighted by Crippen LogP contribution is -1.94. The van der Waals surface area contributed by atoms with Crippen LogP contribution in [0.25, 0.3) is 27.6 Å². The van der Waals surface area contributed by atoms with E-state index in [1.807, 2.05) is 0 Å². The summed E-state index contributed by atoms with van der Waals surface area (Å²) < 4.78 is 0. The molecule has 1 radical (unpaired) electrons. The molecule has 0 aromatic heterocycles. The van der Waals surface area contributed by atoms with Crippen molar-refractivity contribution < 1.29 is 19.9 Å². The molecule has 4 aromatic carbocycles. The number of carbonyl (C=O) groups is 1. The van der Waals surface area contributed by atoms with Gasteiger partial charge in [-0.15, -0.1) is 0 Å². The normalized spacial score (nSPS) is 9.50. The van der Waals surface area contributed by atoms with Crippen molar-refractivity contribution in [1.82, 2.24) is 0 Å². The van der Waals surface area contributed by atoms with E-state index in [1.165, 1.54) is 21.5 Å². The van der Waals surface area contributed by atoms with Crippen molar-refractivity contribution in [2.75, 3.05) is 0 Å². The predicted octanol–water partition coefficient (Wildman–Crippen LogP) is 4.53. The number of hydrogen-bond acceptors (Lipinski definition) is 3. The number of rotatable bonds is 2. The molecule has 0 saturated heterocycles. The first kappa shape index (κ1) is 20.9. The first-order valence-corrected chi connectivity index (χ1v) is 8.52. The zero-order valence-corrected chi connectivity index (χ0v) is 15.2. The average Bonchev–Trinajstić information content (AvgIpc) is 2.73. The van der Waals surface area contributed by atoms with Gasteiger partial charge in [-0.05, 0) is 51.4 Å². The number of hydrogen-bond donors (Lipinski definition) is 3. The minimum absolute atomic E-state index is 0. The van der Waals surface area contributed by atoms with Crippen LogP contribution in [0.15, 0.2) is 91.5 Å². The first-order valence-electron chi connectivity index (χ1n) is 8.52. The Hall–Kier alpha value is -3.41. The fourth-order valence-electron chi connectivity index (χ4n) is 2.64. The first-order chi connectivity index (χ1) is 13.6. The van der Waals surface area contributed by atoms with Crippen LogP contribution in [0.1, 0.15) is 15.9 Å². The minimum Gasteiger partial charge on any atom is -0.478 e. The molecule has 5 heteroatoms. The Labute approximate surface area is 164 Å². The number of aromatic carboxylic acids is 1. The zero-order valence-electron chi connectivity index (χ0n) is 15.2. The van der Waals surface area contributed by atoms with Crippen LogP contribution in [0.3, 0.4) is 0 Å². The number of carboxylic acids is 1. The molecule has 0 heterocycles. The highest BCUT2D eigenvalue weighted by Gasteiger charge is 1.99. The fourth-order valence-corrected chi connectivity index (χ4v) is 2.64. The Balaban J connectivity index is 0.000000181. The van der Waals surface area contributed by atoms with Gasteiger partial charge >= 0.3 is 13.7 Å². The molecule has 0 fully saturated rings. The van der Waals surface area contributed by atoms with Gasteiger partial charge in [0.05, 0.1) is 5.56 Å². The summed E-state index contributed by atoms with van der Waals surface area (Å²) >= 11 is 0. The Morgan fingerprint density at radius 2 is 1.11 bits per heavy atom. The Morgan fingerprint density at radius 3 is 1.39 bits per heavy atom. The van der Waals surface area contributed by atoms with E-state index in [0.717, 1.165) is 5.56 Å². The molecule has 139 valence electrons. The SMILES string of the molecule is C=Cc1ccc(C(=O)O)cc1.O[B]O.c1ccc2cc3ccccc3cc2c1. The maximum atomic E-state index is 10.4. The van der Waals surface area contributed by atoms with Crippen LogP contribution in [0.2, 0.25) is 0 Å². The molecule has 0 aliphatic heterocycles. The summed E-state index contributed by atoms with van der Waals surface area (Å²) in [4.78, 5) is 10.4. The summed E-state index contributed by atoms with van der Waals surface area (Å²) in [6.07, 6.45) is 1.67.